The van der Waals surface area contributed by atoms with Gasteiger partial charge in [-0.05, 0) is 26.8 Å². The second-order valence-electron chi connectivity index (χ2n) is 4.11. The molecule has 1 aromatic rings. The van der Waals surface area contributed by atoms with Crippen LogP contribution in [0.5, 0.6) is 0 Å². The first kappa shape index (κ1) is 12.2. The van der Waals surface area contributed by atoms with Gasteiger partial charge in [0.25, 0.3) is 0 Å². The van der Waals surface area contributed by atoms with Crippen LogP contribution in [0.3, 0.4) is 0 Å². The molecule has 0 bridgehead atoms. The average molecular weight is 209 g/mol. The molecular weight excluding hydrogens is 186 g/mol. The largest absolute Gasteiger partial charge is 0.310 e. The zero-order valence-corrected chi connectivity index (χ0v) is 10.6. The van der Waals surface area contributed by atoms with Crippen molar-refractivity contribution in [3.05, 3.63) is 17.0 Å². The van der Waals surface area contributed by atoms with Crippen molar-refractivity contribution < 1.29 is 0 Å². The van der Waals surface area contributed by atoms with Gasteiger partial charge in [-0.15, -0.1) is 0 Å². The van der Waals surface area contributed by atoms with E-state index in [1.165, 1.54) is 24.1 Å². The Hall–Kier alpha value is -0.830. The first-order chi connectivity index (χ1) is 7.11. The lowest BCUT2D eigenvalue weighted by Gasteiger charge is -2.17. The van der Waals surface area contributed by atoms with Crippen molar-refractivity contribution in [2.24, 2.45) is 7.05 Å². The van der Waals surface area contributed by atoms with Crippen molar-refractivity contribution in [2.75, 3.05) is 6.54 Å². The molecule has 15 heavy (non-hydrogen) atoms. The monoisotopic (exact) mass is 209 g/mol. The minimum atomic E-state index is 0.466. The van der Waals surface area contributed by atoms with Gasteiger partial charge in [0.2, 0.25) is 0 Å². The second kappa shape index (κ2) is 5.31. The fourth-order valence-electron chi connectivity index (χ4n) is 2.18. The van der Waals surface area contributed by atoms with E-state index in [9.17, 15) is 0 Å². The van der Waals surface area contributed by atoms with E-state index in [0.29, 0.717) is 6.04 Å². The first-order valence-electron chi connectivity index (χ1n) is 5.85. The molecule has 0 amide bonds. The highest BCUT2D eigenvalue weighted by Gasteiger charge is 2.18. The summed E-state index contributed by atoms with van der Waals surface area (Å²) in [6.45, 7) is 9.64. The lowest BCUT2D eigenvalue weighted by Crippen LogP contribution is -2.21. The zero-order valence-electron chi connectivity index (χ0n) is 10.6. The Kier molecular flexibility index (Phi) is 4.33. The van der Waals surface area contributed by atoms with Crippen LogP contribution < -0.4 is 5.32 Å². The van der Waals surface area contributed by atoms with E-state index in [0.717, 1.165) is 12.2 Å². The molecule has 0 aromatic carbocycles. The lowest BCUT2D eigenvalue weighted by molar-refractivity contribution is 0.504. The Morgan fingerprint density at radius 1 is 1.33 bits per heavy atom. The average Bonchev–Trinajstić information content (AvgIpc) is 2.41. The molecule has 3 heteroatoms. The molecule has 0 aliphatic heterocycles. The van der Waals surface area contributed by atoms with Crippen LogP contribution in [0.2, 0.25) is 0 Å². The van der Waals surface area contributed by atoms with Crippen molar-refractivity contribution >= 4 is 0 Å². The standard InChI is InChI=1S/C12H23N3/c1-6-8-11(13-7-2)12-9(3)14-15(5)10(12)4/h11,13H,6-8H2,1-5H3. The van der Waals surface area contributed by atoms with Crippen LogP contribution in [0.25, 0.3) is 0 Å². The summed E-state index contributed by atoms with van der Waals surface area (Å²) in [6.07, 6.45) is 2.38. The van der Waals surface area contributed by atoms with Gasteiger partial charge in [0.1, 0.15) is 0 Å². The highest BCUT2D eigenvalue weighted by Crippen LogP contribution is 2.24. The fraction of sp³-hybridized carbons (Fsp3) is 0.750. The summed E-state index contributed by atoms with van der Waals surface area (Å²) in [7, 11) is 2.01. The van der Waals surface area contributed by atoms with E-state index in [4.69, 9.17) is 0 Å². The molecule has 1 heterocycles. The van der Waals surface area contributed by atoms with Crippen molar-refractivity contribution in [2.45, 2.75) is 46.6 Å². The quantitative estimate of drug-likeness (QED) is 0.807. The van der Waals surface area contributed by atoms with Crippen molar-refractivity contribution in [1.29, 1.82) is 0 Å². The zero-order chi connectivity index (χ0) is 11.4. The topological polar surface area (TPSA) is 29.9 Å². The van der Waals surface area contributed by atoms with E-state index >= 15 is 0 Å². The van der Waals surface area contributed by atoms with Crippen LogP contribution in [-0.4, -0.2) is 16.3 Å². The number of nitrogens with zero attached hydrogens (tertiary/aromatic N) is 2. The first-order valence-corrected chi connectivity index (χ1v) is 5.85. The maximum atomic E-state index is 4.47. The van der Waals surface area contributed by atoms with Crippen LogP contribution in [0.1, 0.15) is 49.7 Å². The minimum Gasteiger partial charge on any atom is -0.310 e. The molecule has 86 valence electrons. The van der Waals surface area contributed by atoms with E-state index < -0.39 is 0 Å². The third-order valence-corrected chi connectivity index (χ3v) is 2.94. The Morgan fingerprint density at radius 3 is 2.40 bits per heavy atom. The highest BCUT2D eigenvalue weighted by molar-refractivity contribution is 5.28. The van der Waals surface area contributed by atoms with Gasteiger partial charge in [-0.3, -0.25) is 4.68 Å². The summed E-state index contributed by atoms with van der Waals surface area (Å²) >= 11 is 0. The smallest absolute Gasteiger partial charge is 0.0644 e. The third kappa shape index (κ3) is 2.59. The third-order valence-electron chi connectivity index (χ3n) is 2.94. The van der Waals surface area contributed by atoms with Crippen molar-refractivity contribution in [1.82, 2.24) is 15.1 Å². The van der Waals surface area contributed by atoms with Crippen LogP contribution in [-0.2, 0) is 7.05 Å². The van der Waals surface area contributed by atoms with Crippen molar-refractivity contribution in [3.8, 4) is 0 Å². The Balaban J connectivity index is 2.98. The Bertz CT molecular complexity index is 309. The molecule has 0 fully saturated rings. The molecule has 1 atom stereocenters. The summed E-state index contributed by atoms with van der Waals surface area (Å²) in [6, 6.07) is 0.466. The van der Waals surface area contributed by atoms with Crippen LogP contribution in [0.4, 0.5) is 0 Å². The molecule has 1 aromatic heterocycles. The van der Waals surface area contributed by atoms with Gasteiger partial charge in [-0.25, -0.2) is 0 Å². The number of rotatable bonds is 5. The number of hydrogen-bond acceptors (Lipinski definition) is 2. The van der Waals surface area contributed by atoms with Crippen LogP contribution >= 0.6 is 0 Å². The summed E-state index contributed by atoms with van der Waals surface area (Å²) < 4.78 is 1.98. The minimum absolute atomic E-state index is 0.466. The van der Waals surface area contributed by atoms with Gasteiger partial charge in [-0.1, -0.05) is 20.3 Å². The predicted octanol–water partition coefficient (Wildman–Crippen LogP) is 2.49. The molecule has 1 rings (SSSR count). The van der Waals surface area contributed by atoms with Gasteiger partial charge in [0, 0.05) is 24.3 Å². The normalized spacial score (nSPS) is 13.1. The maximum Gasteiger partial charge on any atom is 0.0644 e. The molecule has 0 saturated carbocycles. The highest BCUT2D eigenvalue weighted by atomic mass is 15.3. The van der Waals surface area contributed by atoms with Gasteiger partial charge < -0.3 is 5.32 Å². The van der Waals surface area contributed by atoms with E-state index in [2.05, 4.69) is 38.1 Å². The molecule has 0 spiro atoms. The summed E-state index contributed by atoms with van der Waals surface area (Å²) in [5.41, 5.74) is 3.84. The molecule has 0 aliphatic rings. The predicted molar refractivity (Wildman–Crippen MR) is 64.0 cm³/mol. The molecule has 0 radical (unpaired) electrons. The molecule has 1 unspecified atom stereocenters. The lowest BCUT2D eigenvalue weighted by atomic mass is 10.0. The van der Waals surface area contributed by atoms with Gasteiger partial charge in [0.05, 0.1) is 5.69 Å². The van der Waals surface area contributed by atoms with E-state index in [1.807, 2.05) is 11.7 Å². The van der Waals surface area contributed by atoms with E-state index in [1.54, 1.807) is 0 Å². The maximum absolute atomic E-state index is 4.47. The number of aromatic nitrogens is 2. The fourth-order valence-corrected chi connectivity index (χ4v) is 2.18. The number of hydrogen-bond donors (Lipinski definition) is 1. The Morgan fingerprint density at radius 2 is 2.00 bits per heavy atom. The van der Waals surface area contributed by atoms with Gasteiger partial charge in [-0.2, -0.15) is 5.10 Å². The van der Waals surface area contributed by atoms with Crippen LogP contribution in [0.15, 0.2) is 0 Å². The summed E-state index contributed by atoms with van der Waals surface area (Å²) in [5.74, 6) is 0. The molecule has 3 nitrogen and oxygen atoms in total. The molecule has 0 saturated heterocycles. The van der Waals surface area contributed by atoms with E-state index in [-0.39, 0.29) is 0 Å². The van der Waals surface area contributed by atoms with Gasteiger partial charge >= 0.3 is 0 Å². The second-order valence-corrected chi connectivity index (χ2v) is 4.11. The molecule has 0 aliphatic carbocycles. The van der Waals surface area contributed by atoms with Crippen LogP contribution in [0, 0.1) is 13.8 Å². The SMILES string of the molecule is CCCC(NCC)c1c(C)nn(C)c1C. The molecular formula is C12H23N3. The molecule has 1 N–H and O–H groups in total. The number of aryl methyl sites for hydroxylation is 2. The van der Waals surface area contributed by atoms with Gasteiger partial charge in [0.15, 0.2) is 0 Å². The summed E-state index contributed by atoms with van der Waals surface area (Å²) in [5, 5.41) is 8.01. The summed E-state index contributed by atoms with van der Waals surface area (Å²) in [4.78, 5) is 0. The Labute approximate surface area is 92.9 Å². The van der Waals surface area contributed by atoms with Crippen molar-refractivity contribution in [3.63, 3.8) is 0 Å². The number of nitrogens with one attached hydrogen (secondary N) is 1.